The lowest BCUT2D eigenvalue weighted by Gasteiger charge is -2.33. The number of likely N-dealkylation sites (tertiary alicyclic amines) is 1. The van der Waals surface area contributed by atoms with Crippen molar-refractivity contribution in [3.63, 3.8) is 0 Å². The van der Waals surface area contributed by atoms with Gasteiger partial charge in [0.25, 0.3) is 5.56 Å². The van der Waals surface area contributed by atoms with E-state index in [0.717, 1.165) is 18.6 Å². The van der Waals surface area contributed by atoms with Gasteiger partial charge >= 0.3 is 0 Å². The summed E-state index contributed by atoms with van der Waals surface area (Å²) in [5.74, 6) is -0.0316. The van der Waals surface area contributed by atoms with E-state index >= 15 is 0 Å². The van der Waals surface area contributed by atoms with E-state index in [9.17, 15) is 9.59 Å². The van der Waals surface area contributed by atoms with E-state index in [1.165, 1.54) is 19.3 Å². The summed E-state index contributed by atoms with van der Waals surface area (Å²) < 4.78 is 3.46. The van der Waals surface area contributed by atoms with Gasteiger partial charge in [-0.3, -0.25) is 19.1 Å². The molecule has 1 saturated heterocycles. The molecule has 0 aromatic carbocycles. The first-order valence-electron chi connectivity index (χ1n) is 10.1. The summed E-state index contributed by atoms with van der Waals surface area (Å²) in [6.07, 6.45) is 7.57. The van der Waals surface area contributed by atoms with Gasteiger partial charge in [-0.1, -0.05) is 6.42 Å². The molecule has 7 nitrogen and oxygen atoms in total. The lowest BCUT2D eigenvalue weighted by molar-refractivity contribution is -0.121. The zero-order chi connectivity index (χ0) is 19.5. The molecule has 4 heterocycles. The van der Waals surface area contributed by atoms with Crippen LogP contribution in [0.1, 0.15) is 32.6 Å². The number of hydrogen-bond donors (Lipinski definition) is 1. The summed E-state index contributed by atoms with van der Waals surface area (Å²) in [4.78, 5) is 32.0. The first kappa shape index (κ1) is 18.7. The molecule has 3 aromatic heterocycles. The fourth-order valence-electron chi connectivity index (χ4n) is 4.12. The van der Waals surface area contributed by atoms with Crippen molar-refractivity contribution < 1.29 is 4.79 Å². The van der Waals surface area contributed by atoms with Crippen LogP contribution in [0.5, 0.6) is 0 Å². The molecule has 0 aliphatic carbocycles. The quantitative estimate of drug-likeness (QED) is 0.709. The molecule has 0 saturated carbocycles. The molecule has 1 N–H and O–H groups in total. The van der Waals surface area contributed by atoms with Gasteiger partial charge in [-0.15, -0.1) is 0 Å². The molecule has 28 heavy (non-hydrogen) atoms. The number of rotatable bonds is 6. The number of carbonyl (C=O) groups is 1. The lowest BCUT2D eigenvalue weighted by atomic mass is 10.0. The Bertz CT molecular complexity index is 1040. The number of pyridine rings is 1. The molecule has 1 fully saturated rings. The van der Waals surface area contributed by atoms with E-state index in [4.69, 9.17) is 0 Å². The third-order valence-corrected chi connectivity index (χ3v) is 5.72. The number of hydrogen-bond acceptors (Lipinski definition) is 4. The topological polar surface area (TPSA) is 71.6 Å². The van der Waals surface area contributed by atoms with Crippen LogP contribution in [0.2, 0.25) is 0 Å². The minimum atomic E-state index is -0.119. The lowest BCUT2D eigenvalue weighted by Crippen LogP contribution is -2.42. The molecule has 1 atom stereocenters. The normalized spacial score (nSPS) is 18.0. The summed E-state index contributed by atoms with van der Waals surface area (Å²) in [5.41, 5.74) is 1.94. The van der Waals surface area contributed by atoms with Crippen LogP contribution in [-0.2, 0) is 11.3 Å². The zero-order valence-corrected chi connectivity index (χ0v) is 16.3. The Hall–Kier alpha value is -2.67. The van der Waals surface area contributed by atoms with Crippen molar-refractivity contribution in [2.24, 2.45) is 0 Å². The minimum Gasteiger partial charge on any atom is -0.355 e. The second-order valence-electron chi connectivity index (χ2n) is 7.55. The Morgan fingerprint density at radius 2 is 2.07 bits per heavy atom. The molecular formula is C21H27N5O2. The third-order valence-electron chi connectivity index (χ3n) is 5.72. The molecular weight excluding hydrogens is 354 g/mol. The van der Waals surface area contributed by atoms with Gasteiger partial charge in [0.2, 0.25) is 5.91 Å². The van der Waals surface area contributed by atoms with Gasteiger partial charge in [0.05, 0.1) is 5.52 Å². The highest BCUT2D eigenvalue weighted by molar-refractivity contribution is 5.77. The minimum absolute atomic E-state index is 0.0316. The number of carbonyl (C=O) groups excluding carboxylic acids is 1. The highest BCUT2D eigenvalue weighted by Crippen LogP contribution is 2.15. The average molecular weight is 381 g/mol. The third kappa shape index (κ3) is 3.67. The number of nitrogens with one attached hydrogen (secondary N) is 1. The van der Waals surface area contributed by atoms with Crippen molar-refractivity contribution in [3.8, 4) is 0 Å². The van der Waals surface area contributed by atoms with Crippen LogP contribution in [0.15, 0.2) is 41.5 Å². The van der Waals surface area contributed by atoms with Crippen molar-refractivity contribution in [2.75, 3.05) is 19.6 Å². The van der Waals surface area contributed by atoms with Crippen LogP contribution < -0.4 is 10.9 Å². The highest BCUT2D eigenvalue weighted by Gasteiger charge is 2.18. The van der Waals surface area contributed by atoms with Crippen LogP contribution in [0.4, 0.5) is 0 Å². The average Bonchev–Trinajstić information content (AvgIpc) is 3.20. The van der Waals surface area contributed by atoms with Crippen LogP contribution in [0.3, 0.4) is 0 Å². The van der Waals surface area contributed by atoms with Gasteiger partial charge < -0.3 is 9.72 Å². The molecule has 0 bridgehead atoms. The van der Waals surface area contributed by atoms with Gasteiger partial charge in [0.15, 0.2) is 5.65 Å². The molecule has 0 radical (unpaired) electrons. The predicted molar refractivity (Wildman–Crippen MR) is 109 cm³/mol. The van der Waals surface area contributed by atoms with Crippen molar-refractivity contribution in [3.05, 3.63) is 47.0 Å². The fourth-order valence-corrected chi connectivity index (χ4v) is 4.12. The molecule has 148 valence electrons. The molecule has 0 spiro atoms. The second kappa shape index (κ2) is 8.14. The van der Waals surface area contributed by atoms with Gasteiger partial charge in [-0.2, -0.15) is 0 Å². The van der Waals surface area contributed by atoms with Crippen LogP contribution in [-0.4, -0.2) is 50.4 Å². The number of nitrogens with zero attached hydrogens (tertiary/aromatic N) is 4. The first-order chi connectivity index (χ1) is 13.6. The van der Waals surface area contributed by atoms with Crippen molar-refractivity contribution in [1.29, 1.82) is 0 Å². The van der Waals surface area contributed by atoms with E-state index in [-0.39, 0.29) is 17.9 Å². The fraction of sp³-hybridized carbons (Fsp3) is 0.476. The molecule has 4 rings (SSSR count). The molecule has 1 unspecified atom stereocenters. The second-order valence-corrected chi connectivity index (χ2v) is 7.55. The van der Waals surface area contributed by atoms with Crippen molar-refractivity contribution in [1.82, 2.24) is 24.2 Å². The Morgan fingerprint density at radius 1 is 1.21 bits per heavy atom. The molecule has 1 aliphatic rings. The maximum Gasteiger partial charge on any atom is 0.276 e. The largest absolute Gasteiger partial charge is 0.355 e. The standard InChI is InChI=1S/C21H27N5O2/c1-16-6-2-3-12-24(16)15-11-22-19(27)9-14-26-20-17(7-4-10-23-20)25-13-5-8-18(25)21(26)28/h4-5,7-8,10,13,16H,2-3,6,9,11-12,14-15H2,1H3,(H,22,27). The van der Waals surface area contributed by atoms with E-state index in [2.05, 4.69) is 22.1 Å². The number of aromatic nitrogens is 3. The Balaban J connectivity index is 1.41. The SMILES string of the molecule is CC1CCCCN1CCNC(=O)CCn1c(=O)c2cccn2c2cccnc21. The smallest absolute Gasteiger partial charge is 0.276 e. The van der Waals surface area contributed by atoms with E-state index < -0.39 is 0 Å². The number of amides is 1. The van der Waals surface area contributed by atoms with E-state index in [0.29, 0.717) is 30.3 Å². The Labute approximate surface area is 164 Å². The number of piperidine rings is 1. The van der Waals surface area contributed by atoms with Gasteiger partial charge in [0, 0.05) is 44.5 Å². The first-order valence-corrected chi connectivity index (χ1v) is 10.1. The molecule has 3 aromatic rings. The van der Waals surface area contributed by atoms with Crippen LogP contribution >= 0.6 is 0 Å². The summed E-state index contributed by atoms with van der Waals surface area (Å²) in [7, 11) is 0. The van der Waals surface area contributed by atoms with Gasteiger partial charge in [0.1, 0.15) is 5.52 Å². The van der Waals surface area contributed by atoms with E-state index in [1.807, 2.05) is 28.8 Å². The maximum absolute atomic E-state index is 12.8. The summed E-state index contributed by atoms with van der Waals surface area (Å²) >= 11 is 0. The predicted octanol–water partition coefficient (Wildman–Crippen LogP) is 2.03. The molecule has 7 heteroatoms. The summed E-state index contributed by atoms with van der Waals surface area (Å²) in [6, 6.07) is 8.03. The van der Waals surface area contributed by atoms with Gasteiger partial charge in [-0.25, -0.2) is 4.98 Å². The molecule has 1 aliphatic heterocycles. The number of fused-ring (bicyclic) bond motifs is 3. The van der Waals surface area contributed by atoms with Crippen LogP contribution in [0.25, 0.3) is 16.7 Å². The Kier molecular flexibility index (Phi) is 5.43. The zero-order valence-electron chi connectivity index (χ0n) is 16.3. The monoisotopic (exact) mass is 381 g/mol. The maximum atomic E-state index is 12.8. The highest BCUT2D eigenvalue weighted by atomic mass is 16.2. The summed E-state index contributed by atoms with van der Waals surface area (Å²) in [5, 5.41) is 3.00. The van der Waals surface area contributed by atoms with Crippen molar-refractivity contribution >= 4 is 22.6 Å². The van der Waals surface area contributed by atoms with Gasteiger partial charge in [-0.05, 0) is 50.6 Å². The molecule has 1 amide bonds. The van der Waals surface area contributed by atoms with Crippen LogP contribution in [0, 0.1) is 0 Å². The summed E-state index contributed by atoms with van der Waals surface area (Å²) in [6.45, 7) is 5.22. The van der Waals surface area contributed by atoms with Crippen molar-refractivity contribution in [2.45, 2.75) is 45.2 Å². The Morgan fingerprint density at radius 3 is 2.93 bits per heavy atom. The van der Waals surface area contributed by atoms with E-state index in [1.54, 1.807) is 16.8 Å². The number of aryl methyl sites for hydroxylation is 1.